The normalized spacial score (nSPS) is 12.2. The molecule has 0 aliphatic carbocycles. The minimum Gasteiger partial charge on any atom is -0.455 e. The van der Waals surface area contributed by atoms with Crippen LogP contribution in [0.1, 0.15) is 0 Å². The van der Waals surface area contributed by atoms with Crippen LogP contribution < -0.4 is 0 Å². The van der Waals surface area contributed by atoms with Gasteiger partial charge in [-0.2, -0.15) is 0 Å². The predicted octanol–water partition coefficient (Wildman–Crippen LogP) is 13.5. The van der Waals surface area contributed by atoms with Crippen LogP contribution in [0, 0.1) is 0 Å². The Hall–Kier alpha value is -6.82. The Labute approximate surface area is 306 Å². The molecule has 0 unspecified atom stereocenters. The fourth-order valence-electron chi connectivity index (χ4n) is 8.53. The zero-order valence-electron chi connectivity index (χ0n) is 28.2. The number of furan rings is 1. The molecule has 53 heavy (non-hydrogen) atoms. The molecule has 0 saturated carbocycles. The van der Waals surface area contributed by atoms with E-state index in [-0.39, 0.29) is 0 Å². The second-order valence-corrected chi connectivity index (χ2v) is 14.7. The minimum atomic E-state index is 0.622. The van der Waals surface area contributed by atoms with Crippen LogP contribution in [0.5, 0.6) is 0 Å². The first-order chi connectivity index (χ1) is 26.3. The average molecular weight is 694 g/mol. The molecule has 0 fully saturated rings. The van der Waals surface area contributed by atoms with E-state index in [9.17, 15) is 0 Å². The van der Waals surface area contributed by atoms with Crippen molar-refractivity contribution >= 4 is 96.8 Å². The Morgan fingerprint density at radius 3 is 1.98 bits per heavy atom. The number of hydrogen-bond acceptors (Lipinski definition) is 4. The number of hydrogen-bond donors (Lipinski definition) is 0. The fourth-order valence-corrected chi connectivity index (χ4v) is 9.78. The van der Waals surface area contributed by atoms with Crippen molar-refractivity contribution in [3.63, 3.8) is 0 Å². The van der Waals surface area contributed by atoms with Gasteiger partial charge in [-0.15, -0.1) is 11.3 Å². The number of thiophene rings is 1. The molecule has 5 heteroatoms. The quantitative estimate of drug-likeness (QED) is 0.185. The molecular weight excluding hydrogens is 667 g/mol. The SMILES string of the molecule is c1ccc2c(-c3cc(-c4cccc5c4oc4ccccc45)nc(-n4c5ccccc5c5c6ccccc6c6sc7ccccc7c6c54)n3)cccc2c1. The Morgan fingerprint density at radius 2 is 1.09 bits per heavy atom. The maximum absolute atomic E-state index is 6.60. The summed E-state index contributed by atoms with van der Waals surface area (Å²) in [5, 5.41) is 11.8. The van der Waals surface area contributed by atoms with Crippen molar-refractivity contribution in [1.29, 1.82) is 0 Å². The summed E-state index contributed by atoms with van der Waals surface area (Å²) in [6.07, 6.45) is 0. The lowest BCUT2D eigenvalue weighted by molar-refractivity contribution is 0.670. The van der Waals surface area contributed by atoms with Crippen molar-refractivity contribution in [3.8, 4) is 28.5 Å². The highest BCUT2D eigenvalue weighted by atomic mass is 32.1. The number of benzene rings is 8. The van der Waals surface area contributed by atoms with E-state index in [1.165, 1.54) is 47.1 Å². The molecule has 4 heterocycles. The van der Waals surface area contributed by atoms with Crippen LogP contribution >= 0.6 is 11.3 Å². The van der Waals surface area contributed by atoms with Crippen LogP contribution in [0.3, 0.4) is 0 Å². The van der Waals surface area contributed by atoms with Crippen LogP contribution in [0.2, 0.25) is 0 Å². The van der Waals surface area contributed by atoms with Crippen LogP contribution in [0.25, 0.3) is 114 Å². The van der Waals surface area contributed by atoms with Gasteiger partial charge in [-0.25, -0.2) is 9.97 Å². The Bertz CT molecular complexity index is 3470. The molecule has 0 radical (unpaired) electrons. The van der Waals surface area contributed by atoms with Gasteiger partial charge in [0, 0.05) is 58.2 Å². The van der Waals surface area contributed by atoms with E-state index in [1.807, 2.05) is 23.5 Å². The number of aromatic nitrogens is 3. The van der Waals surface area contributed by atoms with Crippen LogP contribution in [-0.2, 0) is 0 Å². The second kappa shape index (κ2) is 10.8. The summed E-state index contributed by atoms with van der Waals surface area (Å²) >= 11 is 1.86. The van der Waals surface area contributed by atoms with E-state index in [4.69, 9.17) is 14.4 Å². The van der Waals surface area contributed by atoms with Gasteiger partial charge in [0.15, 0.2) is 0 Å². The van der Waals surface area contributed by atoms with Crippen LogP contribution in [-0.4, -0.2) is 14.5 Å². The van der Waals surface area contributed by atoms with Gasteiger partial charge in [0.1, 0.15) is 11.2 Å². The van der Waals surface area contributed by atoms with Gasteiger partial charge in [-0.3, -0.25) is 4.57 Å². The van der Waals surface area contributed by atoms with Gasteiger partial charge < -0.3 is 4.42 Å². The lowest BCUT2D eigenvalue weighted by Crippen LogP contribution is -2.04. The average Bonchev–Trinajstić information content (AvgIpc) is 3.91. The first-order valence-electron chi connectivity index (χ1n) is 17.8. The largest absolute Gasteiger partial charge is 0.455 e. The van der Waals surface area contributed by atoms with Gasteiger partial charge in [-0.1, -0.05) is 133 Å². The summed E-state index contributed by atoms with van der Waals surface area (Å²) in [6, 6.07) is 58.0. The molecule has 0 aliphatic rings. The molecule has 12 rings (SSSR count). The van der Waals surface area contributed by atoms with E-state index in [1.54, 1.807) is 0 Å². The zero-order chi connectivity index (χ0) is 34.6. The van der Waals surface area contributed by atoms with Gasteiger partial charge in [0.25, 0.3) is 0 Å². The number of para-hydroxylation sites is 3. The van der Waals surface area contributed by atoms with E-state index < -0.39 is 0 Å². The third-order valence-corrected chi connectivity index (χ3v) is 12.0. The summed E-state index contributed by atoms with van der Waals surface area (Å²) in [7, 11) is 0. The molecule has 246 valence electrons. The minimum absolute atomic E-state index is 0.622. The van der Waals surface area contributed by atoms with E-state index >= 15 is 0 Å². The smallest absolute Gasteiger partial charge is 0.235 e. The topological polar surface area (TPSA) is 43.9 Å². The third-order valence-electron chi connectivity index (χ3n) is 10.8. The zero-order valence-corrected chi connectivity index (χ0v) is 29.1. The van der Waals surface area contributed by atoms with Crippen molar-refractivity contribution in [2.75, 3.05) is 0 Å². The molecule has 0 spiro atoms. The Morgan fingerprint density at radius 1 is 0.472 bits per heavy atom. The van der Waals surface area contributed by atoms with Gasteiger partial charge >= 0.3 is 0 Å². The highest BCUT2D eigenvalue weighted by Gasteiger charge is 2.24. The summed E-state index contributed by atoms with van der Waals surface area (Å²) in [6.45, 7) is 0. The molecule has 0 aliphatic heterocycles. The molecule has 0 amide bonds. The number of rotatable bonds is 3. The molecule has 8 aromatic carbocycles. The molecule has 4 nitrogen and oxygen atoms in total. The molecule has 0 saturated heterocycles. The molecule has 12 aromatic rings. The van der Waals surface area contributed by atoms with Crippen LogP contribution in [0.4, 0.5) is 0 Å². The standard InChI is InChI=1S/C48H27N3OS/c1-2-15-29-28(13-1)14-11-21-30(29)38-27-39(35-23-12-22-33-31-16-6-9-25-41(31)52-46(33)35)50-48(49-38)51-40-24-8-5-19-36(40)43-32-17-3-4-18-34(32)47-44(45(43)51)37-20-7-10-26-42(37)53-47/h1-27H. The van der Waals surface area contributed by atoms with Gasteiger partial charge in [0.05, 0.1) is 22.4 Å². The molecule has 0 bridgehead atoms. The van der Waals surface area contributed by atoms with Crippen molar-refractivity contribution in [2.45, 2.75) is 0 Å². The molecule has 0 atom stereocenters. The maximum atomic E-state index is 6.60. The first-order valence-corrected chi connectivity index (χ1v) is 18.7. The summed E-state index contributed by atoms with van der Waals surface area (Å²) in [4.78, 5) is 11.0. The first kappa shape index (κ1) is 28.8. The maximum Gasteiger partial charge on any atom is 0.235 e. The highest BCUT2D eigenvalue weighted by molar-refractivity contribution is 7.27. The van der Waals surface area contributed by atoms with Gasteiger partial charge in [-0.05, 0) is 46.5 Å². The van der Waals surface area contributed by atoms with E-state index in [2.05, 4.69) is 156 Å². The van der Waals surface area contributed by atoms with Crippen LogP contribution in [0.15, 0.2) is 168 Å². The molecule has 4 aromatic heterocycles. The highest BCUT2D eigenvalue weighted by Crippen LogP contribution is 2.48. The molecular formula is C48H27N3OS. The van der Waals surface area contributed by atoms with Crippen molar-refractivity contribution in [2.24, 2.45) is 0 Å². The summed E-state index contributed by atoms with van der Waals surface area (Å²) < 4.78 is 11.5. The Kier molecular flexibility index (Phi) is 5.90. The van der Waals surface area contributed by atoms with Gasteiger partial charge in [0.2, 0.25) is 5.95 Å². The fraction of sp³-hybridized carbons (Fsp3) is 0. The monoisotopic (exact) mass is 693 g/mol. The Balaban J connectivity index is 1.27. The lowest BCUT2D eigenvalue weighted by atomic mass is 10.00. The van der Waals surface area contributed by atoms with Crippen molar-refractivity contribution in [3.05, 3.63) is 164 Å². The van der Waals surface area contributed by atoms with Crippen molar-refractivity contribution < 1.29 is 4.42 Å². The van der Waals surface area contributed by atoms with E-state index in [0.29, 0.717) is 5.95 Å². The second-order valence-electron chi connectivity index (χ2n) is 13.7. The predicted molar refractivity (Wildman–Crippen MR) is 222 cm³/mol. The summed E-state index contributed by atoms with van der Waals surface area (Å²) in [5.74, 6) is 0.622. The lowest BCUT2D eigenvalue weighted by Gasteiger charge is -2.14. The summed E-state index contributed by atoms with van der Waals surface area (Å²) in [5.41, 5.74) is 7.52. The number of fused-ring (bicyclic) bond motifs is 14. The third kappa shape index (κ3) is 4.05. The number of nitrogens with zero attached hydrogens (tertiary/aromatic N) is 3. The molecule has 0 N–H and O–H groups in total. The van der Waals surface area contributed by atoms with Crippen molar-refractivity contribution in [1.82, 2.24) is 14.5 Å². The van der Waals surface area contributed by atoms with E-state index in [0.717, 1.165) is 60.9 Å².